The molecule has 4 aromatic rings. The van der Waals surface area contributed by atoms with E-state index in [1.54, 1.807) is 7.11 Å². The van der Waals surface area contributed by atoms with Gasteiger partial charge < -0.3 is 13.9 Å². The van der Waals surface area contributed by atoms with Crippen LogP contribution in [0, 0.1) is 0 Å². The molecule has 0 bridgehead atoms. The Labute approximate surface area is 182 Å². The van der Waals surface area contributed by atoms with Crippen LogP contribution in [0.5, 0.6) is 0 Å². The smallest absolute Gasteiger partial charge is 0.197 e. The normalized spacial score (nSPS) is 10.9. The molecule has 3 aromatic carbocycles. The summed E-state index contributed by atoms with van der Waals surface area (Å²) in [6, 6.07) is 29.0. The molecule has 0 spiro atoms. The van der Waals surface area contributed by atoms with E-state index in [4.69, 9.17) is 13.9 Å². The van der Waals surface area contributed by atoms with E-state index >= 15 is 0 Å². The van der Waals surface area contributed by atoms with Crippen molar-refractivity contribution >= 4 is 5.78 Å². The number of methoxy groups -OCH3 is 1. The fourth-order valence-corrected chi connectivity index (χ4v) is 3.58. The van der Waals surface area contributed by atoms with Crippen LogP contribution < -0.4 is 0 Å². The fourth-order valence-electron chi connectivity index (χ4n) is 3.58. The lowest BCUT2D eigenvalue weighted by molar-refractivity contribution is -0.0395. The lowest BCUT2D eigenvalue weighted by Gasteiger charge is -2.08. The number of benzene rings is 3. The average Bonchev–Trinajstić information content (AvgIpc) is 3.18. The van der Waals surface area contributed by atoms with Gasteiger partial charge in [-0.3, -0.25) is 4.79 Å². The van der Waals surface area contributed by atoms with Crippen molar-refractivity contribution in [1.29, 1.82) is 0 Å². The maximum atomic E-state index is 13.6. The zero-order valence-corrected chi connectivity index (χ0v) is 17.4. The summed E-state index contributed by atoms with van der Waals surface area (Å²) in [5, 5.41) is 0. The van der Waals surface area contributed by atoms with Gasteiger partial charge in [-0.1, -0.05) is 91.0 Å². The lowest BCUT2D eigenvalue weighted by Crippen LogP contribution is -2.08. The summed E-state index contributed by atoms with van der Waals surface area (Å²) in [5.41, 5.74) is 3.87. The van der Waals surface area contributed by atoms with Gasteiger partial charge in [-0.15, -0.1) is 0 Å². The molecule has 0 saturated carbocycles. The average molecular weight is 412 g/mol. The third-order valence-corrected chi connectivity index (χ3v) is 5.04. The van der Waals surface area contributed by atoms with Crippen LogP contribution in [0.1, 0.15) is 32.8 Å². The Morgan fingerprint density at radius 2 is 1.45 bits per heavy atom. The van der Waals surface area contributed by atoms with Crippen LogP contribution in [0.4, 0.5) is 0 Å². The van der Waals surface area contributed by atoms with Gasteiger partial charge in [0.2, 0.25) is 0 Å². The highest BCUT2D eigenvalue weighted by molar-refractivity contribution is 6.13. The molecule has 0 amide bonds. The van der Waals surface area contributed by atoms with E-state index in [1.807, 2.05) is 91.0 Å². The van der Waals surface area contributed by atoms with Crippen LogP contribution in [-0.4, -0.2) is 19.7 Å². The maximum Gasteiger partial charge on any atom is 0.197 e. The van der Waals surface area contributed by atoms with Crippen LogP contribution in [0.2, 0.25) is 0 Å². The van der Waals surface area contributed by atoms with Crippen LogP contribution in [0.25, 0.3) is 11.3 Å². The second-order valence-corrected chi connectivity index (χ2v) is 7.19. The first-order valence-corrected chi connectivity index (χ1v) is 10.2. The highest BCUT2D eigenvalue weighted by atomic mass is 16.7. The number of ether oxygens (including phenoxy) is 2. The van der Waals surface area contributed by atoms with Crippen LogP contribution in [-0.2, 0) is 22.5 Å². The fraction of sp³-hybridized carbons (Fsp3) is 0.148. The molecule has 0 N–H and O–H groups in total. The second-order valence-electron chi connectivity index (χ2n) is 7.19. The molecule has 0 saturated heterocycles. The van der Waals surface area contributed by atoms with Crippen molar-refractivity contribution < 1.29 is 18.7 Å². The van der Waals surface area contributed by atoms with Gasteiger partial charge in [0, 0.05) is 30.2 Å². The van der Waals surface area contributed by atoms with Crippen molar-refractivity contribution in [3.63, 3.8) is 0 Å². The summed E-state index contributed by atoms with van der Waals surface area (Å²) >= 11 is 0. The molecule has 1 aromatic heterocycles. The molecule has 4 heteroatoms. The Hall–Kier alpha value is -3.47. The number of ketones is 1. The standard InChI is InChI=1S/C27H24O4/c1-29-19-30-18-23-24(17-20-11-5-2-6-12-20)31-27(22-15-9-4-10-16-22)25(23)26(28)21-13-7-3-8-14-21/h2-16H,17-19H2,1H3. The van der Waals surface area contributed by atoms with Gasteiger partial charge in [0.05, 0.1) is 12.2 Å². The van der Waals surface area contributed by atoms with Gasteiger partial charge in [0.15, 0.2) is 5.78 Å². The first-order valence-electron chi connectivity index (χ1n) is 10.2. The summed E-state index contributed by atoms with van der Waals surface area (Å²) in [6.45, 7) is 0.357. The quantitative estimate of drug-likeness (QED) is 0.195. The van der Waals surface area contributed by atoms with Gasteiger partial charge in [-0.2, -0.15) is 0 Å². The monoisotopic (exact) mass is 412 g/mol. The zero-order chi connectivity index (χ0) is 21.5. The molecule has 0 unspecified atom stereocenters. The molecule has 156 valence electrons. The minimum Gasteiger partial charge on any atom is -0.460 e. The molecular weight excluding hydrogens is 388 g/mol. The first-order chi connectivity index (χ1) is 15.3. The van der Waals surface area contributed by atoms with E-state index in [1.165, 1.54) is 0 Å². The number of rotatable bonds is 9. The second kappa shape index (κ2) is 10.0. The molecule has 0 atom stereocenters. The molecule has 0 aliphatic carbocycles. The topological polar surface area (TPSA) is 48.7 Å². The molecule has 4 nitrogen and oxygen atoms in total. The predicted octanol–water partition coefficient (Wildman–Crippen LogP) is 5.89. The van der Waals surface area contributed by atoms with E-state index in [2.05, 4.69) is 0 Å². The Kier molecular flexibility index (Phi) is 6.72. The molecule has 1 heterocycles. The zero-order valence-electron chi connectivity index (χ0n) is 17.4. The van der Waals surface area contributed by atoms with Gasteiger partial charge in [-0.05, 0) is 5.56 Å². The van der Waals surface area contributed by atoms with Gasteiger partial charge in [0.1, 0.15) is 18.3 Å². The van der Waals surface area contributed by atoms with Crippen molar-refractivity contribution in [2.45, 2.75) is 13.0 Å². The predicted molar refractivity (Wildman–Crippen MR) is 120 cm³/mol. The lowest BCUT2D eigenvalue weighted by atomic mass is 9.95. The van der Waals surface area contributed by atoms with Gasteiger partial charge in [-0.25, -0.2) is 0 Å². The number of carbonyl (C=O) groups is 1. The van der Waals surface area contributed by atoms with E-state index in [0.29, 0.717) is 23.3 Å². The Balaban J connectivity index is 1.86. The van der Waals surface area contributed by atoms with Crippen LogP contribution >= 0.6 is 0 Å². The molecular formula is C27H24O4. The van der Waals surface area contributed by atoms with Crippen molar-refractivity contribution in [2.75, 3.05) is 13.9 Å². The molecule has 0 aliphatic heterocycles. The summed E-state index contributed by atoms with van der Waals surface area (Å²) in [7, 11) is 1.58. The number of furan rings is 1. The van der Waals surface area contributed by atoms with E-state index in [9.17, 15) is 4.79 Å². The largest absolute Gasteiger partial charge is 0.460 e. The minimum absolute atomic E-state index is 0.0847. The number of hydrogen-bond acceptors (Lipinski definition) is 4. The summed E-state index contributed by atoms with van der Waals surface area (Å²) in [6.07, 6.45) is 0.564. The van der Waals surface area contributed by atoms with Crippen molar-refractivity contribution in [2.24, 2.45) is 0 Å². The van der Waals surface area contributed by atoms with E-state index in [-0.39, 0.29) is 19.2 Å². The highest BCUT2D eigenvalue weighted by Gasteiger charge is 2.27. The van der Waals surface area contributed by atoms with Gasteiger partial charge in [0.25, 0.3) is 0 Å². The van der Waals surface area contributed by atoms with Crippen molar-refractivity contribution in [3.8, 4) is 11.3 Å². The number of carbonyl (C=O) groups excluding carboxylic acids is 1. The summed E-state index contributed by atoms with van der Waals surface area (Å²) in [4.78, 5) is 13.6. The van der Waals surface area contributed by atoms with E-state index < -0.39 is 0 Å². The number of hydrogen-bond donors (Lipinski definition) is 0. The van der Waals surface area contributed by atoms with Crippen molar-refractivity contribution in [3.05, 3.63) is 119 Å². The maximum absolute atomic E-state index is 13.6. The Morgan fingerprint density at radius 1 is 0.839 bits per heavy atom. The molecule has 4 rings (SSSR count). The van der Waals surface area contributed by atoms with E-state index in [0.717, 1.165) is 22.5 Å². The summed E-state index contributed by atoms with van der Waals surface area (Å²) in [5.74, 6) is 1.20. The Bertz CT molecular complexity index is 1120. The summed E-state index contributed by atoms with van der Waals surface area (Å²) < 4.78 is 17.1. The third-order valence-electron chi connectivity index (χ3n) is 5.04. The highest BCUT2D eigenvalue weighted by Crippen LogP contribution is 2.35. The third kappa shape index (κ3) is 4.82. The first kappa shape index (κ1) is 20.8. The SMILES string of the molecule is COCOCc1c(Cc2ccccc2)oc(-c2ccccc2)c1C(=O)c1ccccc1. The minimum atomic E-state index is -0.0847. The van der Waals surface area contributed by atoms with Crippen LogP contribution in [0.3, 0.4) is 0 Å². The molecule has 31 heavy (non-hydrogen) atoms. The van der Waals surface area contributed by atoms with Crippen molar-refractivity contribution in [1.82, 2.24) is 0 Å². The molecule has 0 aliphatic rings. The molecule has 0 radical (unpaired) electrons. The molecule has 0 fully saturated rings. The van der Waals surface area contributed by atoms with Crippen LogP contribution in [0.15, 0.2) is 95.4 Å². The van der Waals surface area contributed by atoms with Gasteiger partial charge >= 0.3 is 0 Å². The Morgan fingerprint density at radius 3 is 2.10 bits per heavy atom.